The normalized spacial score (nSPS) is 15.7. The highest BCUT2D eigenvalue weighted by molar-refractivity contribution is 5.92. The molecule has 0 radical (unpaired) electrons. The zero-order valence-corrected chi connectivity index (χ0v) is 24.4. The van der Waals surface area contributed by atoms with E-state index in [4.69, 9.17) is 14.7 Å². The number of pyridine rings is 1. The average Bonchev–Trinajstić information content (AvgIpc) is 3.55. The molecular formula is C34H27F3N4O4. The summed E-state index contributed by atoms with van der Waals surface area (Å²) in [5.41, 5.74) is 1.81. The second-order valence-electron chi connectivity index (χ2n) is 11.6. The van der Waals surface area contributed by atoms with Crippen LogP contribution in [0.4, 0.5) is 13.2 Å². The number of carboxylic acid groups (broad SMARTS) is 1. The van der Waals surface area contributed by atoms with E-state index in [2.05, 4.69) is 9.97 Å². The van der Waals surface area contributed by atoms with E-state index in [-0.39, 0.29) is 52.7 Å². The number of carboxylic acids is 1. The highest BCUT2D eigenvalue weighted by Gasteiger charge is 2.39. The monoisotopic (exact) mass is 612 g/mol. The van der Waals surface area contributed by atoms with E-state index in [9.17, 15) is 14.3 Å². The molecule has 45 heavy (non-hydrogen) atoms. The Labute approximate surface area is 256 Å². The molecule has 0 unspecified atom stereocenters. The lowest BCUT2D eigenvalue weighted by atomic mass is 9.87. The first-order valence-electron chi connectivity index (χ1n) is 14.1. The van der Waals surface area contributed by atoms with Crippen LogP contribution >= 0.6 is 0 Å². The molecule has 6 rings (SSSR count). The summed E-state index contributed by atoms with van der Waals surface area (Å²) in [7, 11) is 0. The van der Waals surface area contributed by atoms with E-state index in [1.807, 2.05) is 24.5 Å². The van der Waals surface area contributed by atoms with Crippen molar-refractivity contribution >= 4 is 17.0 Å². The zero-order chi connectivity index (χ0) is 31.9. The number of nitriles is 1. The van der Waals surface area contributed by atoms with Crippen molar-refractivity contribution in [2.45, 2.75) is 32.9 Å². The summed E-state index contributed by atoms with van der Waals surface area (Å²) in [6.45, 7) is 4.82. The van der Waals surface area contributed by atoms with Gasteiger partial charge in [-0.05, 0) is 65.7 Å². The van der Waals surface area contributed by atoms with Crippen LogP contribution in [-0.2, 0) is 17.8 Å². The van der Waals surface area contributed by atoms with Crippen LogP contribution < -0.4 is 4.74 Å². The van der Waals surface area contributed by atoms with Crippen LogP contribution in [0.15, 0.2) is 66.7 Å². The first-order chi connectivity index (χ1) is 21.5. The summed E-state index contributed by atoms with van der Waals surface area (Å²) in [5, 5.41) is 18.5. The fraction of sp³-hybridized carbons (Fsp3) is 0.235. The molecule has 228 valence electrons. The molecule has 1 aliphatic rings. The third kappa shape index (κ3) is 5.84. The van der Waals surface area contributed by atoms with Crippen molar-refractivity contribution < 1.29 is 32.5 Å². The Morgan fingerprint density at radius 2 is 1.82 bits per heavy atom. The quantitative estimate of drug-likeness (QED) is 0.204. The van der Waals surface area contributed by atoms with Crippen molar-refractivity contribution in [1.29, 1.82) is 5.26 Å². The van der Waals surface area contributed by atoms with E-state index in [1.54, 1.807) is 30.3 Å². The van der Waals surface area contributed by atoms with Gasteiger partial charge in [-0.3, -0.25) is 0 Å². The van der Waals surface area contributed by atoms with Crippen molar-refractivity contribution in [2.75, 3.05) is 13.2 Å². The fourth-order valence-electron chi connectivity index (χ4n) is 5.52. The summed E-state index contributed by atoms with van der Waals surface area (Å²) in [6, 6.07) is 17.3. The molecule has 1 fully saturated rings. The number of ether oxygens (including phenoxy) is 2. The average molecular weight is 613 g/mol. The highest BCUT2D eigenvalue weighted by Crippen LogP contribution is 2.40. The summed E-state index contributed by atoms with van der Waals surface area (Å²) in [4.78, 5) is 20.5. The Balaban J connectivity index is 1.32. The number of hydrogen-bond donors (Lipinski definition) is 1. The molecular weight excluding hydrogens is 585 g/mol. The van der Waals surface area contributed by atoms with Gasteiger partial charge in [-0.1, -0.05) is 26.0 Å². The van der Waals surface area contributed by atoms with E-state index in [0.29, 0.717) is 41.2 Å². The molecule has 1 aliphatic heterocycles. The Hall–Kier alpha value is -5.21. The van der Waals surface area contributed by atoms with Crippen LogP contribution in [0.3, 0.4) is 0 Å². The molecule has 1 saturated heterocycles. The van der Waals surface area contributed by atoms with Gasteiger partial charge in [0.25, 0.3) is 5.88 Å². The third-order valence-corrected chi connectivity index (χ3v) is 8.01. The first kappa shape index (κ1) is 29.8. The molecule has 1 atom stereocenters. The Kier molecular flexibility index (Phi) is 7.76. The minimum absolute atomic E-state index is 0.0209. The molecule has 2 aromatic heterocycles. The van der Waals surface area contributed by atoms with Gasteiger partial charge in [0.05, 0.1) is 53.2 Å². The van der Waals surface area contributed by atoms with Gasteiger partial charge in [0, 0.05) is 17.4 Å². The number of aromatic nitrogens is 3. The topological polar surface area (TPSA) is 110 Å². The van der Waals surface area contributed by atoms with Gasteiger partial charge in [-0.2, -0.15) is 5.26 Å². The fourth-order valence-corrected chi connectivity index (χ4v) is 5.52. The summed E-state index contributed by atoms with van der Waals surface area (Å²) < 4.78 is 58.9. The van der Waals surface area contributed by atoms with Crippen LogP contribution in [0.5, 0.6) is 5.88 Å². The second kappa shape index (κ2) is 11.7. The summed E-state index contributed by atoms with van der Waals surface area (Å²) >= 11 is 0. The molecule has 3 heterocycles. The summed E-state index contributed by atoms with van der Waals surface area (Å²) in [6.07, 6.45) is -0.0809. The van der Waals surface area contributed by atoms with Gasteiger partial charge in [-0.15, -0.1) is 0 Å². The Morgan fingerprint density at radius 1 is 1.04 bits per heavy atom. The molecule has 1 N–H and O–H groups in total. The van der Waals surface area contributed by atoms with Gasteiger partial charge in [0.1, 0.15) is 24.1 Å². The molecule has 8 nitrogen and oxygen atoms in total. The smallest absolute Gasteiger partial charge is 0.335 e. The lowest BCUT2D eigenvalue weighted by Crippen LogP contribution is -2.27. The highest BCUT2D eigenvalue weighted by atomic mass is 19.1. The van der Waals surface area contributed by atoms with Crippen molar-refractivity contribution in [2.24, 2.45) is 5.41 Å². The number of hydrogen-bond acceptors (Lipinski definition) is 6. The minimum Gasteiger partial charge on any atom is -0.478 e. The number of carbonyl (C=O) groups is 1. The van der Waals surface area contributed by atoms with Crippen LogP contribution in [0, 0.1) is 34.2 Å². The maximum absolute atomic E-state index is 15.6. The number of benzene rings is 3. The van der Waals surface area contributed by atoms with Crippen molar-refractivity contribution in [3.63, 3.8) is 0 Å². The lowest BCUT2D eigenvalue weighted by Gasteiger charge is -2.28. The molecule has 0 amide bonds. The van der Waals surface area contributed by atoms with Gasteiger partial charge < -0.3 is 19.1 Å². The number of halogens is 3. The molecule has 3 aromatic carbocycles. The minimum atomic E-state index is -1.09. The van der Waals surface area contributed by atoms with Crippen LogP contribution in [0.25, 0.3) is 22.3 Å². The van der Waals surface area contributed by atoms with E-state index in [1.165, 1.54) is 18.2 Å². The molecule has 0 spiro atoms. The van der Waals surface area contributed by atoms with Gasteiger partial charge in [0.2, 0.25) is 0 Å². The predicted octanol–water partition coefficient (Wildman–Crippen LogP) is 6.85. The third-order valence-electron chi connectivity index (χ3n) is 8.01. The molecule has 0 saturated carbocycles. The number of aromatic carboxylic acids is 1. The number of nitrogens with zero attached hydrogens (tertiary/aromatic N) is 4. The Bertz CT molecular complexity index is 1980. The summed E-state index contributed by atoms with van der Waals surface area (Å²) in [5.74, 6) is -3.30. The molecule has 11 heteroatoms. The van der Waals surface area contributed by atoms with E-state index >= 15 is 8.78 Å². The SMILES string of the molecule is CC1(C)COC[C@H]1n1c(Cc2cc(F)c(-c3ccc(F)c(OCc4ccc(C#N)cc4)n3)cc2F)nc2ccc(C(=O)O)cc21. The standard InChI is InChI=1S/C34H27F3N4O4/c1-34(2)18-44-17-30(34)41-29-12-21(33(42)43)7-9-28(29)39-31(41)13-22-11-26(37)23(14-25(22)36)27-10-8-24(35)32(40-27)45-16-20-5-3-19(15-38)4-6-20/h3-12,14,30H,13,16-18H2,1-2H3,(H,42,43)/t30-/m1/s1. The van der Waals surface area contributed by atoms with E-state index in [0.717, 1.165) is 18.2 Å². The largest absolute Gasteiger partial charge is 0.478 e. The van der Waals surface area contributed by atoms with Crippen molar-refractivity contribution in [1.82, 2.24) is 14.5 Å². The maximum Gasteiger partial charge on any atom is 0.335 e. The maximum atomic E-state index is 15.6. The van der Waals surface area contributed by atoms with Gasteiger partial charge in [-0.25, -0.2) is 27.9 Å². The predicted molar refractivity (Wildman–Crippen MR) is 158 cm³/mol. The van der Waals surface area contributed by atoms with Gasteiger partial charge >= 0.3 is 5.97 Å². The Morgan fingerprint density at radius 3 is 2.51 bits per heavy atom. The zero-order valence-electron chi connectivity index (χ0n) is 24.4. The van der Waals surface area contributed by atoms with Crippen molar-refractivity contribution in [3.05, 3.63) is 112 Å². The van der Waals surface area contributed by atoms with Crippen LogP contribution in [0.1, 0.15) is 52.8 Å². The number of imidazole rings is 1. The van der Waals surface area contributed by atoms with Gasteiger partial charge in [0.15, 0.2) is 5.82 Å². The van der Waals surface area contributed by atoms with Crippen molar-refractivity contribution in [3.8, 4) is 23.2 Å². The second-order valence-corrected chi connectivity index (χ2v) is 11.6. The van der Waals surface area contributed by atoms with E-state index < -0.39 is 23.4 Å². The molecule has 0 bridgehead atoms. The molecule has 0 aliphatic carbocycles. The number of fused-ring (bicyclic) bond motifs is 1. The molecule has 5 aromatic rings. The lowest BCUT2D eigenvalue weighted by molar-refractivity contribution is 0.0697. The van der Waals surface area contributed by atoms with Crippen LogP contribution in [0.2, 0.25) is 0 Å². The first-order valence-corrected chi connectivity index (χ1v) is 14.1. The van der Waals surface area contributed by atoms with Crippen LogP contribution in [-0.4, -0.2) is 38.8 Å². The number of rotatable bonds is 8.